The molecule has 1 atom stereocenters. The third-order valence-electron chi connectivity index (χ3n) is 3.83. The molecule has 0 aliphatic carbocycles. The number of sulfonamides is 1. The molecule has 128 valence electrons. The van der Waals surface area contributed by atoms with Crippen molar-refractivity contribution in [2.24, 2.45) is 5.92 Å². The summed E-state index contributed by atoms with van der Waals surface area (Å²) in [7, 11) is -5.30. The lowest BCUT2D eigenvalue weighted by molar-refractivity contribution is -0.116. The number of nitrogens with one attached hydrogen (secondary N) is 2. The van der Waals surface area contributed by atoms with E-state index in [0.29, 0.717) is 17.7 Å². The number of amides is 1. The molecule has 1 saturated heterocycles. The lowest BCUT2D eigenvalue weighted by atomic mass is 10.0. The first kappa shape index (κ1) is 17.9. The molecule has 1 heterocycles. The van der Waals surface area contributed by atoms with Crippen LogP contribution in [0.15, 0.2) is 23.1 Å². The molecule has 0 spiro atoms. The van der Waals surface area contributed by atoms with Crippen molar-refractivity contribution < 1.29 is 21.6 Å². The van der Waals surface area contributed by atoms with E-state index in [1.54, 1.807) is 19.1 Å². The normalized spacial score (nSPS) is 20.3. The number of aryl methyl sites for hydroxylation is 1. The Morgan fingerprint density at radius 2 is 2.04 bits per heavy atom. The van der Waals surface area contributed by atoms with Gasteiger partial charge in [0.1, 0.15) is 0 Å². The predicted octanol–water partition coefficient (Wildman–Crippen LogP) is 0.666. The lowest BCUT2D eigenvalue weighted by Gasteiger charge is -2.12. The predicted molar refractivity (Wildman–Crippen MR) is 87.4 cm³/mol. The molecule has 7 nitrogen and oxygen atoms in total. The fourth-order valence-corrected chi connectivity index (χ4v) is 5.44. The van der Waals surface area contributed by atoms with Crippen LogP contribution in [0.2, 0.25) is 0 Å². The molecule has 1 fully saturated rings. The number of carbonyl (C=O) groups is 1. The van der Waals surface area contributed by atoms with Crippen molar-refractivity contribution in [1.82, 2.24) is 4.72 Å². The van der Waals surface area contributed by atoms with Gasteiger partial charge in [-0.2, -0.15) is 0 Å². The lowest BCUT2D eigenvalue weighted by Crippen LogP contribution is -2.21. The van der Waals surface area contributed by atoms with Gasteiger partial charge in [0, 0.05) is 12.1 Å². The Morgan fingerprint density at radius 3 is 2.61 bits per heavy atom. The fourth-order valence-electron chi connectivity index (χ4n) is 2.58. The molecule has 23 heavy (non-hydrogen) atoms. The molecule has 0 radical (unpaired) electrons. The van der Waals surface area contributed by atoms with Gasteiger partial charge in [-0.1, -0.05) is 6.07 Å². The van der Waals surface area contributed by atoms with Gasteiger partial charge in [-0.15, -0.1) is 0 Å². The van der Waals surface area contributed by atoms with Crippen LogP contribution in [0.5, 0.6) is 0 Å². The topological polar surface area (TPSA) is 109 Å². The second-order valence-corrected chi connectivity index (χ2v) is 9.79. The maximum Gasteiger partial charge on any atom is 0.240 e. The van der Waals surface area contributed by atoms with Crippen molar-refractivity contribution in [2.45, 2.75) is 24.7 Å². The summed E-state index contributed by atoms with van der Waals surface area (Å²) < 4.78 is 48.9. The second-order valence-electron chi connectivity index (χ2n) is 5.71. The largest absolute Gasteiger partial charge is 0.326 e. The van der Waals surface area contributed by atoms with E-state index in [4.69, 9.17) is 0 Å². The number of rotatable bonds is 5. The van der Waals surface area contributed by atoms with E-state index in [-0.39, 0.29) is 34.6 Å². The summed E-state index contributed by atoms with van der Waals surface area (Å²) >= 11 is 0. The Labute approximate surface area is 136 Å². The minimum Gasteiger partial charge on any atom is -0.326 e. The quantitative estimate of drug-likeness (QED) is 0.802. The molecular weight excluding hydrogens is 340 g/mol. The van der Waals surface area contributed by atoms with E-state index in [1.807, 2.05) is 0 Å². The van der Waals surface area contributed by atoms with Crippen molar-refractivity contribution in [3.05, 3.63) is 23.8 Å². The average Bonchev–Trinajstić information content (AvgIpc) is 2.79. The number of anilines is 1. The standard InChI is InChI=1S/C14H20N2O5S2/c1-10-3-4-12(8-13(10)23(20,21)15-2)16-14(17)7-11-5-6-22(18,19)9-11/h3-4,8,11,15H,5-7,9H2,1-2H3,(H,16,17)/t11-/m1/s1. The second kappa shape index (κ2) is 6.58. The Morgan fingerprint density at radius 1 is 1.35 bits per heavy atom. The first-order valence-corrected chi connectivity index (χ1v) is 10.5. The van der Waals surface area contributed by atoms with E-state index < -0.39 is 19.9 Å². The zero-order chi connectivity index (χ0) is 17.3. The highest BCUT2D eigenvalue weighted by Crippen LogP contribution is 2.23. The molecule has 0 bridgehead atoms. The Kier molecular flexibility index (Phi) is 5.12. The number of carbonyl (C=O) groups excluding carboxylic acids is 1. The molecule has 1 aliphatic heterocycles. The van der Waals surface area contributed by atoms with Gasteiger partial charge >= 0.3 is 0 Å². The van der Waals surface area contributed by atoms with Crippen LogP contribution in [0.3, 0.4) is 0 Å². The van der Waals surface area contributed by atoms with E-state index >= 15 is 0 Å². The molecule has 2 N–H and O–H groups in total. The first-order chi connectivity index (χ1) is 10.6. The SMILES string of the molecule is CNS(=O)(=O)c1cc(NC(=O)C[C@H]2CCS(=O)(=O)C2)ccc1C. The molecular formula is C14H20N2O5S2. The molecule has 9 heteroatoms. The Bertz CT molecular complexity index is 816. The smallest absolute Gasteiger partial charge is 0.240 e. The van der Waals surface area contributed by atoms with Crippen molar-refractivity contribution in [1.29, 1.82) is 0 Å². The number of hydrogen-bond acceptors (Lipinski definition) is 5. The van der Waals surface area contributed by atoms with Crippen LogP contribution in [-0.2, 0) is 24.7 Å². The molecule has 1 amide bonds. The van der Waals surface area contributed by atoms with Gasteiger partial charge in [-0.05, 0) is 44.0 Å². The zero-order valence-corrected chi connectivity index (χ0v) is 14.6. The van der Waals surface area contributed by atoms with Crippen LogP contribution in [0.4, 0.5) is 5.69 Å². The highest BCUT2D eigenvalue weighted by atomic mass is 32.2. The molecule has 0 unspecified atom stereocenters. The van der Waals surface area contributed by atoms with E-state index in [0.717, 1.165) is 0 Å². The number of benzene rings is 1. The molecule has 1 aromatic rings. The Hall–Kier alpha value is -1.45. The van der Waals surface area contributed by atoms with Crippen LogP contribution in [0.1, 0.15) is 18.4 Å². The third-order valence-corrected chi connectivity index (χ3v) is 7.22. The molecule has 2 rings (SSSR count). The fraction of sp³-hybridized carbons (Fsp3) is 0.500. The Balaban J connectivity index is 2.09. The van der Waals surface area contributed by atoms with E-state index in [9.17, 15) is 21.6 Å². The van der Waals surface area contributed by atoms with E-state index in [1.165, 1.54) is 13.1 Å². The van der Waals surface area contributed by atoms with Crippen LogP contribution in [-0.4, -0.2) is 41.3 Å². The summed E-state index contributed by atoms with van der Waals surface area (Å²) in [6.07, 6.45) is 0.601. The highest BCUT2D eigenvalue weighted by molar-refractivity contribution is 7.91. The van der Waals surface area contributed by atoms with Crippen molar-refractivity contribution in [3.8, 4) is 0 Å². The van der Waals surface area contributed by atoms with Crippen molar-refractivity contribution in [3.63, 3.8) is 0 Å². The monoisotopic (exact) mass is 360 g/mol. The van der Waals surface area contributed by atoms with Crippen LogP contribution < -0.4 is 10.0 Å². The third kappa shape index (κ3) is 4.52. The highest BCUT2D eigenvalue weighted by Gasteiger charge is 2.29. The van der Waals surface area contributed by atoms with Gasteiger partial charge in [-0.25, -0.2) is 21.6 Å². The molecule has 1 aromatic carbocycles. The van der Waals surface area contributed by atoms with Crippen LogP contribution in [0.25, 0.3) is 0 Å². The summed E-state index contributed by atoms with van der Waals surface area (Å²) in [5.41, 5.74) is 0.939. The summed E-state index contributed by atoms with van der Waals surface area (Å²) in [5.74, 6) is -0.331. The van der Waals surface area contributed by atoms with Gasteiger partial charge in [0.2, 0.25) is 15.9 Å². The van der Waals surface area contributed by atoms with E-state index in [2.05, 4.69) is 10.0 Å². The van der Waals surface area contributed by atoms with Crippen molar-refractivity contribution in [2.75, 3.05) is 23.9 Å². The zero-order valence-electron chi connectivity index (χ0n) is 13.0. The summed E-state index contributed by atoms with van der Waals surface area (Å²) in [6, 6.07) is 4.62. The van der Waals surface area contributed by atoms with Gasteiger partial charge in [0.25, 0.3) is 0 Å². The number of hydrogen-bond donors (Lipinski definition) is 2. The molecule has 0 aromatic heterocycles. The van der Waals surface area contributed by atoms with Gasteiger partial charge < -0.3 is 5.32 Å². The molecule has 0 saturated carbocycles. The van der Waals surface area contributed by atoms with Gasteiger partial charge in [0.15, 0.2) is 9.84 Å². The van der Waals surface area contributed by atoms with Gasteiger partial charge in [-0.3, -0.25) is 4.79 Å². The maximum absolute atomic E-state index is 12.0. The van der Waals surface area contributed by atoms with Crippen LogP contribution in [0, 0.1) is 12.8 Å². The first-order valence-electron chi connectivity index (χ1n) is 7.17. The van der Waals surface area contributed by atoms with Crippen LogP contribution >= 0.6 is 0 Å². The summed E-state index contributed by atoms with van der Waals surface area (Å²) in [4.78, 5) is 12.1. The molecule has 1 aliphatic rings. The maximum atomic E-state index is 12.0. The minimum atomic E-state index is -3.61. The van der Waals surface area contributed by atoms with Crippen molar-refractivity contribution >= 4 is 31.5 Å². The minimum absolute atomic E-state index is 0.0354. The number of sulfone groups is 1. The average molecular weight is 360 g/mol. The van der Waals surface area contributed by atoms with Gasteiger partial charge in [0.05, 0.1) is 16.4 Å². The summed E-state index contributed by atoms with van der Waals surface area (Å²) in [6.45, 7) is 1.67. The summed E-state index contributed by atoms with van der Waals surface area (Å²) in [5, 5.41) is 2.63.